The van der Waals surface area contributed by atoms with Crippen LogP contribution in [0.15, 0.2) is 18.3 Å². The molecule has 1 fully saturated rings. The number of nitrogens with one attached hydrogen (secondary N) is 1. The zero-order valence-electron chi connectivity index (χ0n) is 11.7. The van der Waals surface area contributed by atoms with Crippen molar-refractivity contribution in [3.63, 3.8) is 0 Å². The predicted octanol–water partition coefficient (Wildman–Crippen LogP) is 3.08. The van der Waals surface area contributed by atoms with Gasteiger partial charge in [-0.15, -0.1) is 0 Å². The van der Waals surface area contributed by atoms with Gasteiger partial charge in [0.05, 0.1) is 11.9 Å². The lowest BCUT2D eigenvalue weighted by atomic mass is 9.92. The van der Waals surface area contributed by atoms with E-state index in [1.807, 2.05) is 0 Å². The molecule has 0 bridgehead atoms. The molecule has 0 spiro atoms. The highest BCUT2D eigenvalue weighted by Gasteiger charge is 2.23. The minimum Gasteiger partial charge on any atom is -0.381 e. The third-order valence-electron chi connectivity index (χ3n) is 3.95. The maximum Gasteiger partial charge on any atom is 0.141 e. The topological polar surface area (TPSA) is 34.1 Å². The van der Waals surface area contributed by atoms with Crippen LogP contribution in [0.25, 0.3) is 0 Å². The Morgan fingerprint density at radius 2 is 2.16 bits per heavy atom. The number of hydrogen-bond acceptors (Lipinski definition) is 3. The van der Waals surface area contributed by atoms with E-state index >= 15 is 0 Å². The molecule has 4 heteroatoms. The van der Waals surface area contributed by atoms with Gasteiger partial charge in [-0.3, -0.25) is 4.98 Å². The van der Waals surface area contributed by atoms with Gasteiger partial charge in [0.1, 0.15) is 5.82 Å². The highest BCUT2D eigenvalue weighted by molar-refractivity contribution is 5.10. The monoisotopic (exact) mass is 266 g/mol. The van der Waals surface area contributed by atoms with E-state index in [1.165, 1.54) is 12.3 Å². The second kappa shape index (κ2) is 6.96. The quantitative estimate of drug-likeness (QED) is 0.889. The largest absolute Gasteiger partial charge is 0.381 e. The second-order valence-electron chi connectivity index (χ2n) is 5.27. The molecular weight excluding hydrogens is 243 g/mol. The Kier molecular flexibility index (Phi) is 5.28. The molecule has 0 aliphatic carbocycles. The average Bonchev–Trinajstić information content (AvgIpc) is 2.46. The first-order valence-corrected chi connectivity index (χ1v) is 7.16. The van der Waals surface area contributed by atoms with E-state index in [4.69, 9.17) is 4.74 Å². The maximum atomic E-state index is 12.9. The van der Waals surface area contributed by atoms with Crippen molar-refractivity contribution in [3.8, 4) is 0 Å². The van der Waals surface area contributed by atoms with E-state index in [0.29, 0.717) is 12.0 Å². The van der Waals surface area contributed by atoms with E-state index in [9.17, 15) is 4.39 Å². The molecule has 2 unspecified atom stereocenters. The fourth-order valence-corrected chi connectivity index (χ4v) is 2.67. The van der Waals surface area contributed by atoms with Crippen LogP contribution in [-0.4, -0.2) is 24.2 Å². The fourth-order valence-electron chi connectivity index (χ4n) is 2.67. The van der Waals surface area contributed by atoms with Gasteiger partial charge in [-0.05, 0) is 44.2 Å². The lowest BCUT2D eigenvalue weighted by Crippen LogP contribution is -2.39. The third-order valence-corrected chi connectivity index (χ3v) is 3.95. The van der Waals surface area contributed by atoms with Crippen molar-refractivity contribution >= 4 is 0 Å². The van der Waals surface area contributed by atoms with Crippen LogP contribution in [0, 0.1) is 11.7 Å². The number of pyridine rings is 1. The first-order valence-electron chi connectivity index (χ1n) is 7.16. The first kappa shape index (κ1) is 14.4. The Bertz CT molecular complexity index is 376. The molecule has 1 aromatic heterocycles. The van der Waals surface area contributed by atoms with Gasteiger partial charge in [-0.2, -0.15) is 0 Å². The molecule has 0 saturated carbocycles. The van der Waals surface area contributed by atoms with Gasteiger partial charge in [0.15, 0.2) is 0 Å². The zero-order valence-corrected chi connectivity index (χ0v) is 11.7. The molecule has 2 rings (SSSR count). The highest BCUT2D eigenvalue weighted by atomic mass is 19.1. The van der Waals surface area contributed by atoms with Crippen molar-refractivity contribution in [3.05, 3.63) is 29.8 Å². The summed E-state index contributed by atoms with van der Waals surface area (Å²) in [7, 11) is 0. The van der Waals surface area contributed by atoms with Gasteiger partial charge in [0.25, 0.3) is 0 Å². The van der Waals surface area contributed by atoms with Gasteiger partial charge in [0.2, 0.25) is 0 Å². The molecule has 0 amide bonds. The van der Waals surface area contributed by atoms with Gasteiger partial charge >= 0.3 is 0 Å². The third kappa shape index (κ3) is 3.98. The number of halogens is 1. The summed E-state index contributed by atoms with van der Waals surface area (Å²) in [4.78, 5) is 4.19. The van der Waals surface area contributed by atoms with Crippen molar-refractivity contribution in [1.29, 1.82) is 0 Å². The van der Waals surface area contributed by atoms with Crippen LogP contribution >= 0.6 is 0 Å². The van der Waals surface area contributed by atoms with E-state index in [2.05, 4.69) is 24.1 Å². The SMILES string of the molecule is CCC(NC(C)C1CCOCC1)c1ccc(F)cn1. The minimum atomic E-state index is -0.281. The second-order valence-corrected chi connectivity index (χ2v) is 5.27. The number of rotatable bonds is 5. The van der Waals surface area contributed by atoms with Crippen LogP contribution < -0.4 is 5.32 Å². The van der Waals surface area contributed by atoms with Crippen molar-refractivity contribution in [2.24, 2.45) is 5.92 Å². The van der Waals surface area contributed by atoms with Crippen LogP contribution in [0.5, 0.6) is 0 Å². The minimum absolute atomic E-state index is 0.193. The van der Waals surface area contributed by atoms with Crippen LogP contribution in [0.3, 0.4) is 0 Å². The molecule has 3 nitrogen and oxygen atoms in total. The molecule has 1 saturated heterocycles. The van der Waals surface area contributed by atoms with Gasteiger partial charge in [-0.25, -0.2) is 4.39 Å². The summed E-state index contributed by atoms with van der Waals surface area (Å²) in [6.07, 6.45) is 4.47. The summed E-state index contributed by atoms with van der Waals surface area (Å²) in [5, 5.41) is 3.63. The molecule has 2 atom stereocenters. The fraction of sp³-hybridized carbons (Fsp3) is 0.667. The molecule has 1 aliphatic heterocycles. The molecule has 1 aromatic rings. The van der Waals surface area contributed by atoms with Crippen LogP contribution in [-0.2, 0) is 4.74 Å². The molecule has 1 N–H and O–H groups in total. The van der Waals surface area contributed by atoms with Crippen LogP contribution in [0.1, 0.15) is 44.8 Å². The molecular formula is C15H23FN2O. The smallest absolute Gasteiger partial charge is 0.141 e. The van der Waals surface area contributed by atoms with Gasteiger partial charge in [0, 0.05) is 25.3 Å². The summed E-state index contributed by atoms with van der Waals surface area (Å²) in [5.74, 6) is 0.374. The van der Waals surface area contributed by atoms with Crippen LogP contribution in [0.4, 0.5) is 4.39 Å². The van der Waals surface area contributed by atoms with Crippen molar-refractivity contribution in [1.82, 2.24) is 10.3 Å². The summed E-state index contributed by atoms with van der Waals surface area (Å²) >= 11 is 0. The summed E-state index contributed by atoms with van der Waals surface area (Å²) in [6, 6.07) is 3.87. The standard InChI is InChI=1S/C15H23FN2O/c1-3-14(15-5-4-13(16)10-17-15)18-11(2)12-6-8-19-9-7-12/h4-5,10-12,14,18H,3,6-9H2,1-2H3. The summed E-state index contributed by atoms with van der Waals surface area (Å²) < 4.78 is 18.3. The van der Waals surface area contributed by atoms with E-state index < -0.39 is 0 Å². The van der Waals surface area contributed by atoms with Gasteiger partial charge in [-0.1, -0.05) is 6.92 Å². The van der Waals surface area contributed by atoms with Crippen molar-refractivity contribution in [2.45, 2.75) is 45.2 Å². The average molecular weight is 266 g/mol. The Hall–Kier alpha value is -1.00. The normalized spacial score (nSPS) is 20.2. The van der Waals surface area contributed by atoms with Crippen molar-refractivity contribution < 1.29 is 9.13 Å². The van der Waals surface area contributed by atoms with Crippen molar-refractivity contribution in [2.75, 3.05) is 13.2 Å². The number of aromatic nitrogens is 1. The predicted molar refractivity (Wildman–Crippen MR) is 73.4 cm³/mol. The molecule has 19 heavy (non-hydrogen) atoms. The lowest BCUT2D eigenvalue weighted by molar-refractivity contribution is 0.0542. The Labute approximate surface area is 114 Å². The zero-order chi connectivity index (χ0) is 13.7. The number of ether oxygens (including phenoxy) is 1. The lowest BCUT2D eigenvalue weighted by Gasteiger charge is -2.31. The Morgan fingerprint density at radius 1 is 1.42 bits per heavy atom. The maximum absolute atomic E-state index is 12.9. The first-order chi connectivity index (χ1) is 9.20. The van der Waals surface area contributed by atoms with Crippen LogP contribution in [0.2, 0.25) is 0 Å². The number of hydrogen-bond donors (Lipinski definition) is 1. The molecule has 1 aliphatic rings. The molecule has 0 aromatic carbocycles. The highest BCUT2D eigenvalue weighted by Crippen LogP contribution is 2.22. The summed E-state index contributed by atoms with van der Waals surface area (Å²) in [6.45, 7) is 6.08. The van der Waals surface area contributed by atoms with E-state index in [0.717, 1.165) is 38.2 Å². The number of nitrogens with zero attached hydrogens (tertiary/aromatic N) is 1. The van der Waals surface area contributed by atoms with E-state index in [1.54, 1.807) is 6.07 Å². The molecule has 0 radical (unpaired) electrons. The van der Waals surface area contributed by atoms with Gasteiger partial charge < -0.3 is 10.1 Å². The summed E-state index contributed by atoms with van der Waals surface area (Å²) in [5.41, 5.74) is 0.919. The molecule has 2 heterocycles. The van der Waals surface area contributed by atoms with E-state index in [-0.39, 0.29) is 11.9 Å². The molecule has 106 valence electrons. The Morgan fingerprint density at radius 3 is 2.74 bits per heavy atom. The Balaban J connectivity index is 1.96.